The molecular formula is C25H17BrClF3N6O2. The predicted octanol–water partition coefficient (Wildman–Crippen LogP) is 6.39. The molecule has 38 heavy (non-hydrogen) atoms. The summed E-state index contributed by atoms with van der Waals surface area (Å²) in [5, 5.41) is 11.1. The van der Waals surface area contributed by atoms with Crippen molar-refractivity contribution in [2.24, 2.45) is 0 Å². The highest BCUT2D eigenvalue weighted by molar-refractivity contribution is 9.10. The quantitative estimate of drug-likeness (QED) is 0.232. The fourth-order valence-electron chi connectivity index (χ4n) is 3.88. The molecule has 0 radical (unpaired) electrons. The zero-order chi connectivity index (χ0) is 27.0. The summed E-state index contributed by atoms with van der Waals surface area (Å²) in [7, 11) is 1.46. The van der Waals surface area contributed by atoms with Gasteiger partial charge in [0.05, 0.1) is 30.0 Å². The summed E-state index contributed by atoms with van der Waals surface area (Å²) >= 11 is 9.43. The van der Waals surface area contributed by atoms with Crippen molar-refractivity contribution < 1.29 is 22.7 Å². The van der Waals surface area contributed by atoms with Gasteiger partial charge in [0.2, 0.25) is 0 Å². The normalized spacial score (nSPS) is 11.3. The molecule has 0 fully saturated rings. The number of amides is 1. The fraction of sp³-hybridized carbons (Fsp3) is 0.120. The first kappa shape index (κ1) is 25.7. The molecule has 3 aromatic heterocycles. The summed E-state index contributed by atoms with van der Waals surface area (Å²) in [5.74, 6) is -0.621. The minimum atomic E-state index is -2.89. The lowest BCUT2D eigenvalue weighted by molar-refractivity contribution is 0.102. The molecule has 0 atom stereocenters. The van der Waals surface area contributed by atoms with Crippen molar-refractivity contribution in [1.82, 2.24) is 24.4 Å². The van der Waals surface area contributed by atoms with Crippen molar-refractivity contribution >= 4 is 44.9 Å². The Balaban J connectivity index is 1.50. The van der Waals surface area contributed by atoms with Gasteiger partial charge in [0.25, 0.3) is 12.3 Å². The number of ether oxygens (including phenoxy) is 1. The number of nitrogens with one attached hydrogen (secondary N) is 1. The van der Waals surface area contributed by atoms with Crippen molar-refractivity contribution in [1.29, 1.82) is 0 Å². The molecule has 8 nitrogen and oxygen atoms in total. The van der Waals surface area contributed by atoms with E-state index in [1.165, 1.54) is 30.0 Å². The molecule has 3 heterocycles. The third kappa shape index (κ3) is 4.84. The Morgan fingerprint density at radius 2 is 2.00 bits per heavy atom. The van der Waals surface area contributed by atoms with Crippen LogP contribution in [0.1, 0.15) is 28.0 Å². The molecule has 0 aliphatic rings. The number of hydrogen-bond donors (Lipinski definition) is 1. The Kier molecular flexibility index (Phi) is 7.09. The number of fused-ring (bicyclic) bond motifs is 1. The molecule has 0 aliphatic heterocycles. The number of rotatable bonds is 7. The highest BCUT2D eigenvalue weighted by Gasteiger charge is 2.23. The maximum absolute atomic E-state index is 14.2. The van der Waals surface area contributed by atoms with Crippen LogP contribution in [0.2, 0.25) is 5.02 Å². The molecule has 1 N–H and O–H groups in total. The van der Waals surface area contributed by atoms with Crippen LogP contribution in [-0.2, 0) is 6.54 Å². The second-order valence-corrected chi connectivity index (χ2v) is 9.30. The van der Waals surface area contributed by atoms with Crippen LogP contribution in [0.3, 0.4) is 0 Å². The van der Waals surface area contributed by atoms with Gasteiger partial charge in [-0.1, -0.05) is 29.8 Å². The highest BCUT2D eigenvalue weighted by Crippen LogP contribution is 2.32. The summed E-state index contributed by atoms with van der Waals surface area (Å²) < 4.78 is 50.2. The molecule has 0 spiro atoms. The van der Waals surface area contributed by atoms with Gasteiger partial charge in [-0.15, -0.1) is 0 Å². The third-order valence-corrected chi connectivity index (χ3v) is 6.62. The summed E-state index contributed by atoms with van der Waals surface area (Å²) in [6, 6.07) is 12.4. The predicted molar refractivity (Wildman–Crippen MR) is 138 cm³/mol. The van der Waals surface area contributed by atoms with Crippen molar-refractivity contribution in [3.05, 3.63) is 93.1 Å². The van der Waals surface area contributed by atoms with E-state index in [0.717, 1.165) is 10.7 Å². The number of alkyl halides is 2. The Hall–Kier alpha value is -3.90. The van der Waals surface area contributed by atoms with Gasteiger partial charge in [-0.2, -0.15) is 10.2 Å². The fourth-order valence-corrected chi connectivity index (χ4v) is 4.52. The number of carbonyl (C=O) groups is 1. The van der Waals surface area contributed by atoms with E-state index < -0.39 is 23.8 Å². The van der Waals surface area contributed by atoms with Crippen molar-refractivity contribution in [3.63, 3.8) is 0 Å². The smallest absolute Gasteiger partial charge is 0.280 e. The lowest BCUT2D eigenvalue weighted by Gasteiger charge is -2.11. The van der Waals surface area contributed by atoms with Crippen LogP contribution in [0.4, 0.5) is 19.0 Å². The maximum atomic E-state index is 14.2. The van der Waals surface area contributed by atoms with Crippen LogP contribution >= 0.6 is 27.5 Å². The van der Waals surface area contributed by atoms with Crippen LogP contribution < -0.4 is 10.1 Å². The number of nitrogens with zero attached hydrogens (tertiary/aromatic N) is 5. The molecule has 0 bridgehead atoms. The Bertz CT molecular complexity index is 1650. The molecule has 0 unspecified atom stereocenters. The number of carbonyl (C=O) groups excluding carboxylic acids is 1. The standard InChI is InChI=1S/C25H17BrClF3N6O2/c1-38-21-8-3-2-5-13(21)19-9-20(22(29)30)36-24(32-19)14(10-31-36)25(37)33-23-16(26)12-35(34-23)11-15-17(27)6-4-7-18(15)28/h2-10,12,22H,11H2,1H3,(H,33,34,37). The summed E-state index contributed by atoms with van der Waals surface area (Å²) in [5.41, 5.74) is 0.323. The topological polar surface area (TPSA) is 86.3 Å². The van der Waals surface area contributed by atoms with E-state index in [9.17, 15) is 18.0 Å². The Labute approximate surface area is 227 Å². The van der Waals surface area contributed by atoms with Gasteiger partial charge < -0.3 is 10.1 Å². The first-order valence-corrected chi connectivity index (χ1v) is 12.2. The summed E-state index contributed by atoms with van der Waals surface area (Å²) in [6.07, 6.45) is -0.194. The summed E-state index contributed by atoms with van der Waals surface area (Å²) in [6.45, 7) is 0.0122. The monoisotopic (exact) mass is 604 g/mol. The molecule has 0 aliphatic carbocycles. The van der Waals surface area contributed by atoms with Crippen molar-refractivity contribution in [3.8, 4) is 17.0 Å². The number of para-hydroxylation sites is 1. The molecule has 0 saturated carbocycles. The second kappa shape index (κ2) is 10.5. The van der Waals surface area contributed by atoms with Crippen LogP contribution in [0.25, 0.3) is 16.9 Å². The zero-order valence-corrected chi connectivity index (χ0v) is 21.8. The molecule has 2 aromatic carbocycles. The molecule has 1 amide bonds. The Morgan fingerprint density at radius 3 is 2.74 bits per heavy atom. The van der Waals surface area contributed by atoms with Gasteiger partial charge in [-0.3, -0.25) is 9.48 Å². The number of hydrogen-bond acceptors (Lipinski definition) is 5. The van der Waals surface area contributed by atoms with E-state index in [-0.39, 0.29) is 39.9 Å². The van der Waals surface area contributed by atoms with E-state index in [0.29, 0.717) is 15.8 Å². The van der Waals surface area contributed by atoms with Crippen LogP contribution in [0.5, 0.6) is 5.75 Å². The lowest BCUT2D eigenvalue weighted by atomic mass is 10.1. The van der Waals surface area contributed by atoms with E-state index >= 15 is 0 Å². The van der Waals surface area contributed by atoms with Gasteiger partial charge in [-0.05, 0) is 46.3 Å². The zero-order valence-electron chi connectivity index (χ0n) is 19.5. The number of methoxy groups -OCH3 is 1. The van der Waals surface area contributed by atoms with Gasteiger partial charge in [0.15, 0.2) is 11.5 Å². The van der Waals surface area contributed by atoms with E-state index in [4.69, 9.17) is 16.3 Å². The van der Waals surface area contributed by atoms with Gasteiger partial charge in [0.1, 0.15) is 22.8 Å². The van der Waals surface area contributed by atoms with Crippen molar-refractivity contribution in [2.45, 2.75) is 13.0 Å². The van der Waals surface area contributed by atoms with Crippen LogP contribution in [0, 0.1) is 5.82 Å². The summed E-state index contributed by atoms with van der Waals surface area (Å²) in [4.78, 5) is 17.7. The minimum absolute atomic E-state index is 0.0122. The van der Waals surface area contributed by atoms with Crippen molar-refractivity contribution in [2.75, 3.05) is 12.4 Å². The highest BCUT2D eigenvalue weighted by atomic mass is 79.9. The van der Waals surface area contributed by atoms with Gasteiger partial charge in [-0.25, -0.2) is 22.7 Å². The number of halogens is 5. The van der Waals surface area contributed by atoms with E-state index in [1.807, 2.05) is 0 Å². The molecule has 5 aromatic rings. The first-order chi connectivity index (χ1) is 18.3. The SMILES string of the molecule is COc1ccccc1-c1cc(C(F)F)n2ncc(C(=O)Nc3nn(Cc4c(F)cccc4Cl)cc3Br)c2n1. The molecular weight excluding hydrogens is 589 g/mol. The molecule has 0 saturated heterocycles. The number of aromatic nitrogens is 5. The number of benzene rings is 2. The first-order valence-electron chi connectivity index (χ1n) is 11.0. The lowest BCUT2D eigenvalue weighted by Crippen LogP contribution is -2.14. The van der Waals surface area contributed by atoms with Gasteiger partial charge in [0, 0.05) is 22.3 Å². The third-order valence-electron chi connectivity index (χ3n) is 5.68. The molecule has 5 rings (SSSR count). The van der Waals surface area contributed by atoms with E-state index in [1.54, 1.807) is 36.5 Å². The number of anilines is 1. The minimum Gasteiger partial charge on any atom is -0.496 e. The average molecular weight is 606 g/mol. The van der Waals surface area contributed by atoms with E-state index in [2.05, 4.69) is 36.4 Å². The second-order valence-electron chi connectivity index (χ2n) is 8.04. The Morgan fingerprint density at radius 1 is 1.21 bits per heavy atom. The van der Waals surface area contributed by atoms with Gasteiger partial charge >= 0.3 is 0 Å². The largest absolute Gasteiger partial charge is 0.496 e. The van der Waals surface area contributed by atoms with Crippen LogP contribution in [0.15, 0.2) is 65.4 Å². The molecule has 13 heteroatoms. The molecule has 194 valence electrons. The van der Waals surface area contributed by atoms with Crippen LogP contribution in [-0.4, -0.2) is 37.4 Å². The average Bonchev–Trinajstić information content (AvgIpc) is 3.48. The maximum Gasteiger partial charge on any atom is 0.280 e.